The van der Waals surface area contributed by atoms with E-state index in [-0.39, 0.29) is 5.91 Å². The molecule has 0 fully saturated rings. The van der Waals surface area contributed by atoms with E-state index in [2.05, 4.69) is 10.3 Å². The highest BCUT2D eigenvalue weighted by Crippen LogP contribution is 2.22. The molecule has 4 nitrogen and oxygen atoms in total. The summed E-state index contributed by atoms with van der Waals surface area (Å²) in [5.41, 5.74) is 1.52. The second-order valence-corrected chi connectivity index (χ2v) is 2.54. The van der Waals surface area contributed by atoms with E-state index < -0.39 is 0 Å². The number of carbonyl (C=O) groups is 1. The third kappa shape index (κ3) is 0.845. The fourth-order valence-corrected chi connectivity index (χ4v) is 1.29. The molecule has 0 radical (unpaired) electrons. The van der Waals surface area contributed by atoms with Crippen LogP contribution < -0.4 is 10.1 Å². The summed E-state index contributed by atoms with van der Waals surface area (Å²) in [7, 11) is 1.51. The predicted molar refractivity (Wildman–Crippen MR) is 42.0 cm³/mol. The Balaban J connectivity index is 2.60. The van der Waals surface area contributed by atoms with Crippen molar-refractivity contribution in [3.05, 3.63) is 23.4 Å². The van der Waals surface area contributed by atoms with E-state index in [1.54, 1.807) is 6.20 Å². The first-order valence-corrected chi connectivity index (χ1v) is 3.63. The van der Waals surface area contributed by atoms with Crippen molar-refractivity contribution in [2.24, 2.45) is 0 Å². The largest absolute Gasteiger partial charge is 0.480 e. The van der Waals surface area contributed by atoms with E-state index in [0.29, 0.717) is 18.0 Å². The highest BCUT2D eigenvalue weighted by atomic mass is 16.5. The smallest absolute Gasteiger partial charge is 0.257 e. The maximum absolute atomic E-state index is 11.2. The van der Waals surface area contributed by atoms with Gasteiger partial charge in [0.1, 0.15) is 5.56 Å². The number of ether oxygens (including phenoxy) is 1. The van der Waals surface area contributed by atoms with Gasteiger partial charge in [0.15, 0.2) is 0 Å². The van der Waals surface area contributed by atoms with Gasteiger partial charge in [0.2, 0.25) is 5.88 Å². The summed E-state index contributed by atoms with van der Waals surface area (Å²) in [6.45, 7) is 0.576. The second kappa shape index (κ2) is 2.48. The number of rotatable bonds is 1. The van der Waals surface area contributed by atoms with Crippen molar-refractivity contribution in [1.82, 2.24) is 10.3 Å². The maximum Gasteiger partial charge on any atom is 0.257 e. The van der Waals surface area contributed by atoms with Crippen molar-refractivity contribution >= 4 is 5.91 Å². The molecule has 2 heterocycles. The molecule has 0 saturated carbocycles. The van der Waals surface area contributed by atoms with E-state index in [9.17, 15) is 4.79 Å². The third-order valence-corrected chi connectivity index (χ3v) is 1.86. The van der Waals surface area contributed by atoms with Gasteiger partial charge in [-0.05, 0) is 11.6 Å². The second-order valence-electron chi connectivity index (χ2n) is 2.54. The topological polar surface area (TPSA) is 51.2 Å². The molecule has 0 unspecified atom stereocenters. The highest BCUT2D eigenvalue weighted by Gasteiger charge is 2.23. The number of pyridine rings is 1. The standard InChI is InChI=1S/C8H8N2O2/c1-12-8-6-5(2-3-9-8)4-10-7(6)11/h2-3H,4H2,1H3,(H,10,11). The van der Waals surface area contributed by atoms with Crippen LogP contribution in [0.3, 0.4) is 0 Å². The van der Waals surface area contributed by atoms with Crippen LogP contribution in [0.5, 0.6) is 5.88 Å². The van der Waals surface area contributed by atoms with E-state index in [4.69, 9.17) is 4.74 Å². The van der Waals surface area contributed by atoms with Gasteiger partial charge in [-0.2, -0.15) is 0 Å². The molecular weight excluding hydrogens is 156 g/mol. The van der Waals surface area contributed by atoms with Crippen molar-refractivity contribution in [2.45, 2.75) is 6.54 Å². The minimum atomic E-state index is -0.102. The molecule has 1 aromatic heterocycles. The van der Waals surface area contributed by atoms with Gasteiger partial charge in [0.05, 0.1) is 7.11 Å². The highest BCUT2D eigenvalue weighted by molar-refractivity contribution is 6.00. The van der Waals surface area contributed by atoms with E-state index in [1.807, 2.05) is 6.07 Å². The molecule has 0 aliphatic carbocycles. The van der Waals surface area contributed by atoms with Gasteiger partial charge in [-0.15, -0.1) is 0 Å². The summed E-state index contributed by atoms with van der Waals surface area (Å²) in [5.74, 6) is 0.303. The molecule has 0 saturated heterocycles. The van der Waals surface area contributed by atoms with E-state index in [1.165, 1.54) is 7.11 Å². The summed E-state index contributed by atoms with van der Waals surface area (Å²) >= 11 is 0. The summed E-state index contributed by atoms with van der Waals surface area (Å²) in [5, 5.41) is 2.70. The minimum absolute atomic E-state index is 0.102. The van der Waals surface area contributed by atoms with Crippen LogP contribution in [-0.4, -0.2) is 18.0 Å². The van der Waals surface area contributed by atoms with Crippen molar-refractivity contribution < 1.29 is 9.53 Å². The van der Waals surface area contributed by atoms with E-state index in [0.717, 1.165) is 5.56 Å². The lowest BCUT2D eigenvalue weighted by Gasteiger charge is -2.01. The van der Waals surface area contributed by atoms with Crippen LogP contribution in [0.4, 0.5) is 0 Å². The first-order valence-electron chi connectivity index (χ1n) is 3.63. The Hall–Kier alpha value is -1.58. The van der Waals surface area contributed by atoms with Gasteiger partial charge in [-0.1, -0.05) is 0 Å². The SMILES string of the molecule is COc1nccc2c1C(=O)NC2. The zero-order valence-corrected chi connectivity index (χ0v) is 6.63. The van der Waals surface area contributed by atoms with Crippen LogP contribution in [0.15, 0.2) is 12.3 Å². The average molecular weight is 164 g/mol. The quantitative estimate of drug-likeness (QED) is 0.650. The number of nitrogens with zero attached hydrogens (tertiary/aromatic N) is 1. The molecule has 1 aliphatic rings. The first-order chi connectivity index (χ1) is 5.83. The molecule has 2 rings (SSSR count). The fraction of sp³-hybridized carbons (Fsp3) is 0.250. The van der Waals surface area contributed by atoms with Gasteiger partial charge < -0.3 is 10.1 Å². The van der Waals surface area contributed by atoms with Crippen LogP contribution in [0.1, 0.15) is 15.9 Å². The number of carbonyl (C=O) groups excluding carboxylic acids is 1. The summed E-state index contributed by atoms with van der Waals surface area (Å²) in [6.07, 6.45) is 1.64. The maximum atomic E-state index is 11.2. The molecule has 0 bridgehead atoms. The van der Waals surface area contributed by atoms with Gasteiger partial charge in [-0.25, -0.2) is 4.98 Å². The summed E-state index contributed by atoms with van der Waals surface area (Å²) in [4.78, 5) is 15.2. The zero-order valence-electron chi connectivity index (χ0n) is 6.63. The molecule has 4 heteroatoms. The monoisotopic (exact) mass is 164 g/mol. The lowest BCUT2D eigenvalue weighted by atomic mass is 10.2. The molecule has 0 atom stereocenters. The van der Waals surface area contributed by atoms with Crippen molar-refractivity contribution in [3.63, 3.8) is 0 Å². The Morgan fingerprint density at radius 1 is 1.67 bits per heavy atom. The number of methoxy groups -OCH3 is 1. The minimum Gasteiger partial charge on any atom is -0.480 e. The summed E-state index contributed by atoms with van der Waals surface area (Å²) in [6, 6.07) is 1.82. The number of fused-ring (bicyclic) bond motifs is 1. The number of hydrogen-bond acceptors (Lipinski definition) is 3. The van der Waals surface area contributed by atoms with Crippen LogP contribution in [0, 0.1) is 0 Å². The normalized spacial score (nSPS) is 13.9. The van der Waals surface area contributed by atoms with Gasteiger partial charge in [-0.3, -0.25) is 4.79 Å². The van der Waals surface area contributed by atoms with E-state index >= 15 is 0 Å². The Bertz CT molecular complexity index is 336. The van der Waals surface area contributed by atoms with Crippen LogP contribution >= 0.6 is 0 Å². The van der Waals surface area contributed by atoms with Crippen LogP contribution in [0.2, 0.25) is 0 Å². The third-order valence-electron chi connectivity index (χ3n) is 1.86. The average Bonchev–Trinajstić information content (AvgIpc) is 2.48. The Morgan fingerprint density at radius 3 is 3.25 bits per heavy atom. The lowest BCUT2D eigenvalue weighted by molar-refractivity contribution is 0.0962. The molecule has 1 aliphatic heterocycles. The number of aromatic nitrogens is 1. The Kier molecular flexibility index (Phi) is 1.46. The lowest BCUT2D eigenvalue weighted by Crippen LogP contribution is -2.13. The van der Waals surface area contributed by atoms with Crippen molar-refractivity contribution in [1.29, 1.82) is 0 Å². The van der Waals surface area contributed by atoms with Gasteiger partial charge in [0, 0.05) is 12.7 Å². The van der Waals surface area contributed by atoms with Crippen molar-refractivity contribution in [3.8, 4) is 5.88 Å². The van der Waals surface area contributed by atoms with Crippen LogP contribution in [-0.2, 0) is 6.54 Å². The molecule has 1 amide bonds. The Labute approximate surface area is 69.6 Å². The van der Waals surface area contributed by atoms with Crippen molar-refractivity contribution in [2.75, 3.05) is 7.11 Å². The fourth-order valence-electron chi connectivity index (χ4n) is 1.29. The molecule has 0 aromatic carbocycles. The molecule has 62 valence electrons. The molecule has 12 heavy (non-hydrogen) atoms. The molecular formula is C8H8N2O2. The molecule has 0 spiro atoms. The summed E-state index contributed by atoms with van der Waals surface area (Å²) < 4.78 is 4.96. The van der Waals surface area contributed by atoms with Gasteiger partial charge >= 0.3 is 0 Å². The zero-order chi connectivity index (χ0) is 8.55. The number of amides is 1. The number of hydrogen-bond donors (Lipinski definition) is 1. The first kappa shape index (κ1) is 7.09. The number of nitrogens with one attached hydrogen (secondary N) is 1. The molecule has 1 N–H and O–H groups in total. The molecule has 1 aromatic rings. The van der Waals surface area contributed by atoms with Gasteiger partial charge in [0.25, 0.3) is 5.91 Å². The predicted octanol–water partition coefficient (Wildman–Crippen LogP) is 0.334. The Morgan fingerprint density at radius 2 is 2.50 bits per heavy atom. The van der Waals surface area contributed by atoms with Crippen LogP contribution in [0.25, 0.3) is 0 Å².